The van der Waals surface area contributed by atoms with Gasteiger partial charge in [-0.2, -0.15) is 0 Å². The number of ether oxygens (including phenoxy) is 2. The molecule has 0 spiro atoms. The Morgan fingerprint density at radius 2 is 0.977 bits per heavy atom. The Morgan fingerprint density at radius 1 is 0.570 bits per heavy atom. The maximum Gasteiger partial charge on any atom is 0.405 e. The SMILES string of the molecule is CC1=C2C[C@@H](C)C[C@H](C)[C@H](O)[C@@H](C)/C=C(\C)[C@H](OC(N)=O)[C@@H](C)/C=C\C=C(/C)C(=O)NC(=C(I)C1=O)C2=O.CC1=C2C[C@@H](C)C[C@H](C)[C@H](O)[C@@H](C)/C=C(\C)[C@H](OC(N)=O)[C@@H](C)/C=C\C=C(/C)C(=O)NC(=C(c3cccs3)C1=O)C2=O.Cc1cccs1. The molecule has 466 valence electrons. The second-order valence-corrected chi connectivity index (χ2v) is 26.7. The van der Waals surface area contributed by atoms with Gasteiger partial charge in [-0.3, -0.25) is 28.8 Å². The number of aliphatic hydroxyl groups excluding tert-OH is 2. The van der Waals surface area contributed by atoms with Gasteiger partial charge in [0, 0.05) is 66.9 Å². The van der Waals surface area contributed by atoms with Crippen molar-refractivity contribution in [1.29, 1.82) is 0 Å². The van der Waals surface area contributed by atoms with Crippen LogP contribution in [0.25, 0.3) is 5.57 Å². The number of halogens is 1. The first-order chi connectivity index (χ1) is 40.3. The summed E-state index contributed by atoms with van der Waals surface area (Å²) in [5.74, 6) is -3.64. The predicted molar refractivity (Wildman–Crippen MR) is 349 cm³/mol. The molecule has 86 heavy (non-hydrogen) atoms. The number of nitrogens with one attached hydrogen (secondary N) is 2. The lowest BCUT2D eigenvalue weighted by molar-refractivity contribution is -0.120. The number of fused-ring (bicyclic) bond motifs is 4. The van der Waals surface area contributed by atoms with Gasteiger partial charge in [0.15, 0.2) is 11.6 Å². The van der Waals surface area contributed by atoms with Gasteiger partial charge < -0.3 is 41.8 Å². The Balaban J connectivity index is 0.000000336. The second-order valence-electron chi connectivity index (χ2n) is 23.5. The largest absolute Gasteiger partial charge is 0.441 e. The molecule has 0 aromatic carbocycles. The van der Waals surface area contributed by atoms with Crippen molar-refractivity contribution in [3.8, 4) is 0 Å². The number of hydrogen-bond donors (Lipinski definition) is 6. The molecule has 0 saturated heterocycles. The summed E-state index contributed by atoms with van der Waals surface area (Å²) < 4.78 is 11.0. The molecule has 6 rings (SSSR count). The highest BCUT2D eigenvalue weighted by molar-refractivity contribution is 14.1. The molecule has 4 aliphatic rings. The maximum atomic E-state index is 13.9. The quantitative estimate of drug-likeness (QED) is 0.0951. The van der Waals surface area contributed by atoms with Gasteiger partial charge in [0.2, 0.25) is 11.6 Å². The Labute approximate surface area is 529 Å². The van der Waals surface area contributed by atoms with E-state index in [-0.39, 0.29) is 91.0 Å². The van der Waals surface area contributed by atoms with E-state index in [2.05, 4.69) is 35.1 Å². The first kappa shape index (κ1) is 72.1. The summed E-state index contributed by atoms with van der Waals surface area (Å²) in [6, 6.07) is 7.71. The fourth-order valence-corrected chi connectivity index (χ4v) is 13.2. The van der Waals surface area contributed by atoms with Crippen LogP contribution in [0.4, 0.5) is 9.59 Å². The average molecular weight is 1330 g/mol. The molecule has 0 unspecified atom stereocenters. The lowest BCUT2D eigenvalue weighted by atomic mass is 9.79. The molecule has 2 aromatic heterocycles. The Morgan fingerprint density at radius 3 is 1.36 bits per heavy atom. The molecule has 0 saturated carbocycles. The molecular formula is C67H87IN4O12S2. The van der Waals surface area contributed by atoms with Crippen molar-refractivity contribution >= 4 is 98.0 Å². The summed E-state index contributed by atoms with van der Waals surface area (Å²) in [4.78, 5) is 105. The molecular weight excluding hydrogens is 1240 g/mol. The zero-order valence-electron chi connectivity index (χ0n) is 52.2. The van der Waals surface area contributed by atoms with Crippen LogP contribution in [0.15, 0.2) is 143 Å². The molecule has 4 bridgehead atoms. The minimum atomic E-state index is -0.905. The number of amides is 4. The molecule has 16 nitrogen and oxygen atoms in total. The molecule has 4 amide bonds. The number of thiophene rings is 2. The first-order valence-corrected chi connectivity index (χ1v) is 31.8. The lowest BCUT2D eigenvalue weighted by Crippen LogP contribution is -2.35. The second kappa shape index (κ2) is 33.1. The van der Waals surface area contributed by atoms with Gasteiger partial charge in [-0.15, -0.1) is 22.7 Å². The van der Waals surface area contributed by atoms with Gasteiger partial charge in [0.25, 0.3) is 11.8 Å². The van der Waals surface area contributed by atoms with Crippen molar-refractivity contribution in [3.05, 3.63) is 153 Å². The van der Waals surface area contributed by atoms with Crippen LogP contribution < -0.4 is 22.1 Å². The molecule has 2 aliphatic heterocycles. The molecule has 8 N–H and O–H groups in total. The Kier molecular flexibility index (Phi) is 27.7. The molecule has 2 aliphatic carbocycles. The molecule has 0 radical (unpaired) electrons. The van der Waals surface area contributed by atoms with E-state index >= 15 is 0 Å². The molecule has 2 aromatic rings. The van der Waals surface area contributed by atoms with E-state index in [9.17, 15) is 48.6 Å². The number of hydrogen-bond acceptors (Lipinski definition) is 14. The van der Waals surface area contributed by atoms with Gasteiger partial charge in [-0.1, -0.05) is 116 Å². The van der Waals surface area contributed by atoms with Gasteiger partial charge in [0.1, 0.15) is 23.6 Å². The minimum absolute atomic E-state index is 0.00661. The number of allylic oxidation sites excluding steroid dienone is 10. The summed E-state index contributed by atoms with van der Waals surface area (Å²) in [5, 5.41) is 31.5. The van der Waals surface area contributed by atoms with E-state index in [0.29, 0.717) is 64.0 Å². The smallest absolute Gasteiger partial charge is 0.405 e. The third-order valence-electron chi connectivity index (χ3n) is 15.9. The van der Waals surface area contributed by atoms with Crippen molar-refractivity contribution in [2.75, 3.05) is 0 Å². The van der Waals surface area contributed by atoms with Crippen molar-refractivity contribution < 1.29 is 58.0 Å². The van der Waals surface area contributed by atoms with Crippen molar-refractivity contribution in [3.63, 3.8) is 0 Å². The van der Waals surface area contributed by atoms with Crippen LogP contribution in [0, 0.1) is 54.3 Å². The maximum absolute atomic E-state index is 13.9. The van der Waals surface area contributed by atoms with E-state index in [1.165, 1.54) is 16.2 Å². The molecule has 19 heteroatoms. The van der Waals surface area contributed by atoms with E-state index < -0.39 is 48.4 Å². The lowest BCUT2D eigenvalue weighted by Gasteiger charge is -2.29. The number of carbonyl (C=O) groups is 8. The molecule has 4 heterocycles. The van der Waals surface area contributed by atoms with Gasteiger partial charge >= 0.3 is 12.2 Å². The fourth-order valence-electron chi connectivity index (χ4n) is 11.1. The number of Topliss-reactive ketones (excluding diaryl/α,β-unsaturated/α-hetero) is 4. The van der Waals surface area contributed by atoms with Gasteiger partial charge in [-0.05, 0) is 154 Å². The summed E-state index contributed by atoms with van der Waals surface area (Å²) >= 11 is 4.92. The van der Waals surface area contributed by atoms with Crippen molar-refractivity contribution in [2.24, 2.45) is 58.8 Å². The summed E-state index contributed by atoms with van der Waals surface area (Å²) in [6.07, 6.45) is 11.3. The van der Waals surface area contributed by atoms with Crippen LogP contribution in [0.2, 0.25) is 0 Å². The Bertz CT molecular complexity index is 3190. The van der Waals surface area contributed by atoms with E-state index in [0.717, 1.165) is 11.1 Å². The first-order valence-electron chi connectivity index (χ1n) is 29.0. The van der Waals surface area contributed by atoms with Gasteiger partial charge in [0.05, 0.1) is 21.4 Å². The number of aliphatic hydroxyl groups is 2. The van der Waals surface area contributed by atoms with Gasteiger partial charge in [-0.25, -0.2) is 9.59 Å². The van der Waals surface area contributed by atoms with Crippen LogP contribution in [0.3, 0.4) is 0 Å². The predicted octanol–water partition coefficient (Wildman–Crippen LogP) is 12.5. The standard InChI is InChI=1S/C33H42N2O6S.C29H39IN2O6.C5H6S/c1-17-14-20(4)28(36)21(5)16-22(6)31(41-33(34)40)18(2)10-8-11-19(3)32(39)35-27-26(25-12-9-13-42-25)29(37)23(7)24(15-17)30(27)38;1-14-11-17(4)24(33)18(5)13-19(6)27(38-29(31)37)15(2)9-8-10-16(3)28(36)32-23-22(30)25(34)20(7)21(12-14)26(23)35;1-5-3-2-4-6-5/h8-13,16-18,20-21,28,31,36H,14-15H2,1-7H3,(H2,34,40)(H,35,39);8-10,13-15,17-18,24,27,33H,11-12H2,1-7H3,(H2,31,37)(H,32,36);2-4H,1H3/b10-8-,19-11+,22-16+;9-8-,16-10+,19-13+;/t17-,18-,20-,21-,28-,31+;14-,15-,17-,18-,24-,27+;/m00./s1. The number of nitrogens with two attached hydrogens (primary N) is 2. The van der Waals surface area contributed by atoms with Crippen LogP contribution in [0.5, 0.6) is 0 Å². The van der Waals surface area contributed by atoms with Crippen molar-refractivity contribution in [1.82, 2.24) is 10.6 Å². The molecule has 12 atom stereocenters. The fraction of sp³-hybridized carbons (Fsp3) is 0.463. The van der Waals surface area contributed by atoms with E-state index in [1.807, 2.05) is 109 Å². The monoisotopic (exact) mass is 1330 g/mol. The zero-order chi connectivity index (χ0) is 64.6. The van der Waals surface area contributed by atoms with Crippen LogP contribution in [0.1, 0.15) is 132 Å². The number of carbonyl (C=O) groups excluding carboxylic acids is 8. The molecule has 0 fully saturated rings. The third kappa shape index (κ3) is 19.8. The average Bonchev–Trinajstić information content (AvgIpc) is 1.25. The highest BCUT2D eigenvalue weighted by Gasteiger charge is 2.37. The number of rotatable bonds is 3. The number of aryl methyl sites for hydroxylation is 1. The summed E-state index contributed by atoms with van der Waals surface area (Å²) in [5.41, 5.74) is 14.6. The van der Waals surface area contributed by atoms with Crippen molar-refractivity contribution in [2.45, 2.75) is 154 Å². The highest BCUT2D eigenvalue weighted by Crippen LogP contribution is 2.38. The van der Waals surface area contributed by atoms with Crippen LogP contribution >= 0.6 is 45.3 Å². The third-order valence-corrected chi connectivity index (χ3v) is 18.6. The minimum Gasteiger partial charge on any atom is -0.441 e. The number of ketones is 4. The topological polar surface area (TPSA) is 272 Å². The van der Waals surface area contributed by atoms with E-state index in [4.69, 9.17) is 20.9 Å². The normalized spacial score (nSPS) is 31.4. The number of primary amides is 2. The highest BCUT2D eigenvalue weighted by atomic mass is 127. The zero-order valence-corrected chi connectivity index (χ0v) is 56.0. The van der Waals surface area contributed by atoms with E-state index in [1.54, 1.807) is 87.6 Å². The summed E-state index contributed by atoms with van der Waals surface area (Å²) in [7, 11) is 0. The summed E-state index contributed by atoms with van der Waals surface area (Å²) in [6.45, 7) is 27.7. The Hall–Kier alpha value is -6.39. The van der Waals surface area contributed by atoms with Crippen LogP contribution in [-0.4, -0.2) is 81.8 Å². The van der Waals surface area contributed by atoms with Crippen LogP contribution in [-0.2, 0) is 38.2 Å².